The van der Waals surface area contributed by atoms with Crippen molar-refractivity contribution in [1.82, 2.24) is 19.9 Å². The average Bonchev–Trinajstić information content (AvgIpc) is 3.27. The molecule has 1 amide bonds. The summed E-state index contributed by atoms with van der Waals surface area (Å²) in [6.07, 6.45) is 1.33. The second-order valence-electron chi connectivity index (χ2n) is 5.87. The molecule has 0 saturated heterocycles. The first-order valence-electron chi connectivity index (χ1n) is 8.38. The average molecular weight is 385 g/mol. The summed E-state index contributed by atoms with van der Waals surface area (Å²) in [7, 11) is 3.25. The summed E-state index contributed by atoms with van der Waals surface area (Å²) >= 11 is 0. The molecule has 0 atom stereocenters. The Kier molecular flexibility index (Phi) is 5.68. The van der Waals surface area contributed by atoms with Crippen LogP contribution in [0.15, 0.2) is 35.0 Å². The Morgan fingerprint density at radius 1 is 1.29 bits per heavy atom. The van der Waals surface area contributed by atoms with Crippen LogP contribution in [0.25, 0.3) is 0 Å². The Balaban J connectivity index is 1.54. The van der Waals surface area contributed by atoms with Crippen molar-refractivity contribution in [2.75, 3.05) is 12.4 Å². The molecule has 0 aliphatic carbocycles. The molecule has 0 radical (unpaired) electrons. The first-order chi connectivity index (χ1) is 13.5. The Labute approximate surface area is 160 Å². The van der Waals surface area contributed by atoms with Crippen molar-refractivity contribution in [2.45, 2.75) is 20.0 Å². The van der Waals surface area contributed by atoms with Gasteiger partial charge in [-0.05, 0) is 19.1 Å². The van der Waals surface area contributed by atoms with E-state index in [-0.39, 0.29) is 30.7 Å². The summed E-state index contributed by atoms with van der Waals surface area (Å²) in [5.74, 6) is -0.0626. The van der Waals surface area contributed by atoms with E-state index < -0.39 is 5.97 Å². The summed E-state index contributed by atoms with van der Waals surface area (Å²) in [4.78, 5) is 28.3. The highest BCUT2D eigenvalue weighted by atomic mass is 16.6. The molecule has 1 N–H and O–H groups in total. The van der Waals surface area contributed by atoms with Gasteiger partial charge in [0.1, 0.15) is 11.3 Å². The van der Waals surface area contributed by atoms with Gasteiger partial charge in [0.15, 0.2) is 12.4 Å². The maximum absolute atomic E-state index is 12.2. The topological polar surface area (TPSA) is 121 Å². The maximum atomic E-state index is 12.2. The Morgan fingerprint density at radius 2 is 2.07 bits per heavy atom. The number of ether oxygens (including phenoxy) is 2. The summed E-state index contributed by atoms with van der Waals surface area (Å²) in [5, 5.41) is 10.4. The standard InChI is InChI=1S/C18H19N5O5/c1-11-12(9-19-23(11)2)18(25)27-10-17-21-15(22-28-17)8-16(24)20-13-6-4-5-7-14(13)26-3/h4-7,9H,8,10H2,1-3H3,(H,20,24). The highest BCUT2D eigenvalue weighted by Crippen LogP contribution is 2.23. The number of hydrogen-bond donors (Lipinski definition) is 1. The predicted octanol–water partition coefficient (Wildman–Crippen LogP) is 1.66. The number of aryl methyl sites for hydroxylation is 1. The van der Waals surface area contributed by atoms with Crippen LogP contribution in [-0.2, 0) is 29.6 Å². The van der Waals surface area contributed by atoms with Crippen LogP contribution in [0.3, 0.4) is 0 Å². The van der Waals surface area contributed by atoms with Crippen LogP contribution < -0.4 is 10.1 Å². The summed E-state index contributed by atoms with van der Waals surface area (Å²) < 4.78 is 16.9. The molecule has 1 aromatic carbocycles. The van der Waals surface area contributed by atoms with Gasteiger partial charge in [-0.2, -0.15) is 10.1 Å². The highest BCUT2D eigenvalue weighted by Gasteiger charge is 2.17. The maximum Gasteiger partial charge on any atom is 0.342 e. The number of esters is 1. The van der Waals surface area contributed by atoms with E-state index in [1.165, 1.54) is 13.3 Å². The molecule has 0 saturated carbocycles. The molecule has 10 nitrogen and oxygen atoms in total. The van der Waals surface area contributed by atoms with Gasteiger partial charge in [-0.25, -0.2) is 4.79 Å². The van der Waals surface area contributed by atoms with Crippen LogP contribution in [0.1, 0.15) is 27.8 Å². The molecule has 146 valence electrons. The summed E-state index contributed by atoms with van der Waals surface area (Å²) in [6, 6.07) is 7.04. The molecule has 3 aromatic rings. The van der Waals surface area contributed by atoms with E-state index in [4.69, 9.17) is 14.0 Å². The number of para-hydroxylation sites is 2. The molecular weight excluding hydrogens is 366 g/mol. The first kappa shape index (κ1) is 19.1. The Bertz CT molecular complexity index is 994. The molecule has 0 fully saturated rings. The number of methoxy groups -OCH3 is 1. The largest absolute Gasteiger partial charge is 0.495 e. The van der Waals surface area contributed by atoms with Crippen molar-refractivity contribution < 1.29 is 23.6 Å². The van der Waals surface area contributed by atoms with Crippen molar-refractivity contribution in [2.24, 2.45) is 7.05 Å². The monoisotopic (exact) mass is 385 g/mol. The van der Waals surface area contributed by atoms with Gasteiger partial charge in [-0.1, -0.05) is 17.3 Å². The molecule has 0 aliphatic rings. The van der Waals surface area contributed by atoms with Gasteiger partial charge in [-0.3, -0.25) is 9.48 Å². The van der Waals surface area contributed by atoms with Gasteiger partial charge in [0, 0.05) is 12.7 Å². The third-order valence-corrected chi connectivity index (χ3v) is 3.99. The third kappa shape index (κ3) is 4.34. The normalized spacial score (nSPS) is 10.5. The lowest BCUT2D eigenvalue weighted by molar-refractivity contribution is -0.115. The highest BCUT2D eigenvalue weighted by molar-refractivity contribution is 5.93. The molecule has 28 heavy (non-hydrogen) atoms. The minimum absolute atomic E-state index is 0.0926. The number of carbonyl (C=O) groups excluding carboxylic acids is 2. The zero-order valence-corrected chi connectivity index (χ0v) is 15.6. The van der Waals surface area contributed by atoms with Gasteiger partial charge in [0.25, 0.3) is 5.89 Å². The van der Waals surface area contributed by atoms with Crippen LogP contribution in [0, 0.1) is 6.92 Å². The fourth-order valence-corrected chi connectivity index (χ4v) is 2.41. The number of anilines is 1. The predicted molar refractivity (Wildman–Crippen MR) is 96.7 cm³/mol. The second kappa shape index (κ2) is 8.33. The van der Waals surface area contributed by atoms with Crippen molar-refractivity contribution in [3.8, 4) is 5.75 Å². The van der Waals surface area contributed by atoms with E-state index in [1.54, 1.807) is 42.9 Å². The Hall–Kier alpha value is -3.69. The lowest BCUT2D eigenvalue weighted by atomic mass is 10.2. The summed E-state index contributed by atoms with van der Waals surface area (Å²) in [6.45, 7) is 1.56. The van der Waals surface area contributed by atoms with Gasteiger partial charge in [-0.15, -0.1) is 0 Å². The van der Waals surface area contributed by atoms with Gasteiger partial charge in [0.2, 0.25) is 5.91 Å². The molecule has 0 bridgehead atoms. The first-order valence-corrected chi connectivity index (χ1v) is 8.38. The van der Waals surface area contributed by atoms with E-state index >= 15 is 0 Å². The fraction of sp³-hybridized carbons (Fsp3) is 0.278. The van der Waals surface area contributed by atoms with E-state index in [9.17, 15) is 9.59 Å². The zero-order valence-electron chi connectivity index (χ0n) is 15.6. The fourth-order valence-electron chi connectivity index (χ4n) is 2.41. The van der Waals surface area contributed by atoms with E-state index in [2.05, 4.69) is 20.6 Å². The number of carbonyl (C=O) groups is 2. The molecule has 10 heteroatoms. The van der Waals surface area contributed by atoms with E-state index in [0.29, 0.717) is 22.7 Å². The molecule has 2 aromatic heterocycles. The lowest BCUT2D eigenvalue weighted by Gasteiger charge is -2.08. The number of hydrogen-bond acceptors (Lipinski definition) is 8. The number of nitrogens with zero attached hydrogens (tertiary/aromatic N) is 4. The SMILES string of the molecule is COc1ccccc1NC(=O)Cc1noc(COC(=O)c2cnn(C)c2C)n1. The molecule has 3 rings (SSSR count). The minimum Gasteiger partial charge on any atom is -0.495 e. The van der Waals surface area contributed by atoms with Crippen LogP contribution in [-0.4, -0.2) is 38.9 Å². The Morgan fingerprint density at radius 3 is 2.79 bits per heavy atom. The molecule has 0 aliphatic heterocycles. The minimum atomic E-state index is -0.542. The van der Waals surface area contributed by atoms with Crippen molar-refractivity contribution in [1.29, 1.82) is 0 Å². The molecule has 0 unspecified atom stereocenters. The number of rotatable bonds is 7. The molecule has 2 heterocycles. The second-order valence-corrected chi connectivity index (χ2v) is 5.87. The van der Waals surface area contributed by atoms with Crippen LogP contribution in [0.5, 0.6) is 5.75 Å². The number of benzene rings is 1. The quantitative estimate of drug-likeness (QED) is 0.610. The van der Waals surface area contributed by atoms with Crippen molar-refractivity contribution >= 4 is 17.6 Å². The van der Waals surface area contributed by atoms with Crippen LogP contribution in [0.2, 0.25) is 0 Å². The van der Waals surface area contributed by atoms with E-state index in [0.717, 1.165) is 0 Å². The molecular formula is C18H19N5O5. The van der Waals surface area contributed by atoms with Crippen LogP contribution >= 0.6 is 0 Å². The van der Waals surface area contributed by atoms with Crippen molar-refractivity contribution in [3.63, 3.8) is 0 Å². The summed E-state index contributed by atoms with van der Waals surface area (Å²) in [5.41, 5.74) is 1.59. The number of amides is 1. The van der Waals surface area contributed by atoms with Crippen molar-refractivity contribution in [3.05, 3.63) is 53.4 Å². The third-order valence-electron chi connectivity index (χ3n) is 3.99. The van der Waals surface area contributed by atoms with Gasteiger partial charge < -0.3 is 19.3 Å². The smallest absolute Gasteiger partial charge is 0.342 e. The number of nitrogens with one attached hydrogen (secondary N) is 1. The van der Waals surface area contributed by atoms with Gasteiger partial charge >= 0.3 is 5.97 Å². The zero-order chi connectivity index (χ0) is 20.1. The van der Waals surface area contributed by atoms with Crippen LogP contribution in [0.4, 0.5) is 5.69 Å². The lowest BCUT2D eigenvalue weighted by Crippen LogP contribution is -2.15. The van der Waals surface area contributed by atoms with Gasteiger partial charge in [0.05, 0.1) is 25.4 Å². The molecule has 0 spiro atoms. The number of aromatic nitrogens is 4. The van der Waals surface area contributed by atoms with E-state index in [1.807, 2.05) is 0 Å².